The van der Waals surface area contributed by atoms with Crippen LogP contribution in [0.25, 0.3) is 10.8 Å². The monoisotopic (exact) mass is 381 g/mol. The minimum Gasteiger partial charge on any atom is -0.507 e. The fourth-order valence-electron chi connectivity index (χ4n) is 5.43. The van der Waals surface area contributed by atoms with E-state index >= 15 is 0 Å². The van der Waals surface area contributed by atoms with Gasteiger partial charge >= 0.3 is 5.97 Å². The van der Waals surface area contributed by atoms with Crippen LogP contribution in [-0.4, -0.2) is 41.1 Å². The molecule has 5 nitrogen and oxygen atoms in total. The van der Waals surface area contributed by atoms with E-state index in [0.29, 0.717) is 0 Å². The summed E-state index contributed by atoms with van der Waals surface area (Å²) in [6, 6.07) is 10.8. The van der Waals surface area contributed by atoms with E-state index in [1.165, 1.54) is 0 Å². The van der Waals surface area contributed by atoms with Crippen LogP contribution in [-0.2, 0) is 9.53 Å². The van der Waals surface area contributed by atoms with Gasteiger partial charge in [-0.15, -0.1) is 0 Å². The fourth-order valence-corrected chi connectivity index (χ4v) is 5.43. The second-order valence-corrected chi connectivity index (χ2v) is 9.53. The first-order valence-corrected chi connectivity index (χ1v) is 9.84. The van der Waals surface area contributed by atoms with Crippen molar-refractivity contribution in [1.29, 1.82) is 0 Å². The van der Waals surface area contributed by atoms with Crippen LogP contribution in [0, 0.1) is 10.8 Å². The number of phenols is 1. The Hall–Kier alpha value is -2.56. The predicted molar refractivity (Wildman–Crippen MR) is 107 cm³/mol. The quantitative estimate of drug-likeness (QED) is 0.812. The Balaban J connectivity index is 1.44. The zero-order valence-corrected chi connectivity index (χ0v) is 16.7. The topological polar surface area (TPSA) is 66.8 Å². The van der Waals surface area contributed by atoms with E-state index in [1.54, 1.807) is 12.1 Å². The lowest BCUT2D eigenvalue weighted by Crippen LogP contribution is -2.39. The van der Waals surface area contributed by atoms with Gasteiger partial charge in [-0.3, -0.25) is 4.79 Å². The second-order valence-electron chi connectivity index (χ2n) is 9.53. The lowest BCUT2D eigenvalue weighted by molar-refractivity contribution is -0.135. The summed E-state index contributed by atoms with van der Waals surface area (Å²) in [5, 5.41) is 11.8. The zero-order valence-electron chi connectivity index (χ0n) is 16.7. The molecule has 4 rings (SSSR count). The van der Waals surface area contributed by atoms with Gasteiger partial charge in [-0.2, -0.15) is 0 Å². The number of esters is 1. The molecule has 1 saturated heterocycles. The van der Waals surface area contributed by atoms with Gasteiger partial charge in [0.05, 0.1) is 0 Å². The lowest BCUT2D eigenvalue weighted by Gasteiger charge is -2.39. The summed E-state index contributed by atoms with van der Waals surface area (Å²) >= 11 is 0. The third-order valence-corrected chi connectivity index (χ3v) is 6.15. The minimum absolute atomic E-state index is 0.0831. The van der Waals surface area contributed by atoms with Crippen molar-refractivity contribution in [2.75, 3.05) is 13.2 Å². The molecule has 0 radical (unpaired) electrons. The van der Waals surface area contributed by atoms with Gasteiger partial charge in [0.2, 0.25) is 0 Å². The van der Waals surface area contributed by atoms with Crippen molar-refractivity contribution in [3.63, 3.8) is 0 Å². The van der Waals surface area contributed by atoms with Crippen molar-refractivity contribution >= 4 is 22.6 Å². The molecule has 2 fully saturated rings. The van der Waals surface area contributed by atoms with Crippen LogP contribution in [0.4, 0.5) is 0 Å². The molecule has 2 bridgehead atoms. The van der Waals surface area contributed by atoms with E-state index in [9.17, 15) is 14.7 Å². The highest BCUT2D eigenvalue weighted by atomic mass is 16.5. The summed E-state index contributed by atoms with van der Waals surface area (Å²) in [6.07, 6.45) is 3.10. The lowest BCUT2D eigenvalue weighted by atomic mass is 9.65. The normalized spacial score (nSPS) is 25.7. The van der Waals surface area contributed by atoms with E-state index in [-0.39, 0.29) is 40.7 Å². The van der Waals surface area contributed by atoms with E-state index in [4.69, 9.17) is 4.74 Å². The largest absolute Gasteiger partial charge is 0.507 e. The molecule has 2 aliphatic rings. The number of hydrogen-bond donors (Lipinski definition) is 1. The summed E-state index contributed by atoms with van der Waals surface area (Å²) in [5.41, 5.74) is 0.447. The maximum absolute atomic E-state index is 12.8. The summed E-state index contributed by atoms with van der Waals surface area (Å²) in [4.78, 5) is 27.1. The highest BCUT2D eigenvalue weighted by Gasteiger charge is 2.50. The summed E-state index contributed by atoms with van der Waals surface area (Å²) < 4.78 is 5.28. The van der Waals surface area contributed by atoms with Crippen molar-refractivity contribution in [2.24, 2.45) is 10.8 Å². The maximum Gasteiger partial charge on any atom is 0.342 e. The van der Waals surface area contributed by atoms with Crippen LogP contribution in [0.3, 0.4) is 0 Å². The van der Waals surface area contributed by atoms with Gasteiger partial charge in [-0.05, 0) is 53.0 Å². The summed E-state index contributed by atoms with van der Waals surface area (Å²) in [6.45, 7) is 7.19. The molecular formula is C23H27NO4. The molecule has 0 aromatic heterocycles. The number of fused-ring (bicyclic) bond motifs is 3. The number of phenolic OH excluding ortho intramolecular Hbond substituents is 1. The number of rotatable bonds is 3. The average molecular weight is 381 g/mol. The number of nitrogens with zero attached hydrogens (tertiary/aromatic N) is 1. The van der Waals surface area contributed by atoms with E-state index in [2.05, 4.69) is 20.8 Å². The van der Waals surface area contributed by atoms with Crippen LogP contribution in [0.2, 0.25) is 0 Å². The van der Waals surface area contributed by atoms with Gasteiger partial charge in [0.1, 0.15) is 11.3 Å². The molecule has 148 valence electrons. The summed E-state index contributed by atoms with van der Waals surface area (Å²) in [5.74, 6) is -0.965. The average Bonchev–Trinajstić information content (AvgIpc) is 2.87. The maximum atomic E-state index is 12.8. The van der Waals surface area contributed by atoms with Crippen molar-refractivity contribution in [1.82, 2.24) is 4.90 Å². The molecule has 2 aromatic carbocycles. The van der Waals surface area contributed by atoms with E-state index in [0.717, 1.165) is 36.6 Å². The molecular weight excluding hydrogens is 354 g/mol. The molecule has 1 heterocycles. The Labute approximate surface area is 165 Å². The van der Waals surface area contributed by atoms with Crippen LogP contribution in [0.5, 0.6) is 5.75 Å². The number of carbonyl (C=O) groups excluding carboxylic acids is 2. The number of benzene rings is 2. The Morgan fingerprint density at radius 2 is 1.82 bits per heavy atom. The van der Waals surface area contributed by atoms with Crippen molar-refractivity contribution in [2.45, 2.75) is 46.1 Å². The van der Waals surface area contributed by atoms with Crippen molar-refractivity contribution < 1.29 is 19.4 Å². The molecule has 28 heavy (non-hydrogen) atoms. The van der Waals surface area contributed by atoms with Gasteiger partial charge < -0.3 is 14.7 Å². The molecule has 1 amide bonds. The minimum atomic E-state index is -0.676. The Kier molecular flexibility index (Phi) is 4.36. The van der Waals surface area contributed by atoms with Gasteiger partial charge in [0.15, 0.2) is 6.61 Å². The van der Waals surface area contributed by atoms with Gasteiger partial charge in [-0.25, -0.2) is 4.79 Å². The van der Waals surface area contributed by atoms with Crippen molar-refractivity contribution in [3.8, 4) is 5.75 Å². The highest BCUT2D eigenvalue weighted by molar-refractivity contribution is 5.99. The number of likely N-dealkylation sites (tertiary alicyclic amines) is 1. The van der Waals surface area contributed by atoms with Crippen LogP contribution < -0.4 is 0 Å². The Bertz CT molecular complexity index is 951. The van der Waals surface area contributed by atoms with Crippen LogP contribution >= 0.6 is 0 Å². The number of carbonyl (C=O) groups is 2. The summed E-state index contributed by atoms with van der Waals surface area (Å²) in [7, 11) is 0. The van der Waals surface area contributed by atoms with Crippen LogP contribution in [0.1, 0.15) is 50.4 Å². The molecule has 2 atom stereocenters. The van der Waals surface area contributed by atoms with Gasteiger partial charge in [0, 0.05) is 12.6 Å². The smallest absolute Gasteiger partial charge is 0.342 e. The third kappa shape index (κ3) is 3.46. The predicted octanol–water partition coefficient (Wildman–Crippen LogP) is 4.13. The molecule has 1 N–H and O–H groups in total. The molecule has 2 aromatic rings. The Morgan fingerprint density at radius 3 is 2.54 bits per heavy atom. The number of aromatic hydroxyl groups is 1. The first kappa shape index (κ1) is 18.8. The highest BCUT2D eigenvalue weighted by Crippen LogP contribution is 2.52. The zero-order chi connectivity index (χ0) is 20.1. The van der Waals surface area contributed by atoms with Crippen molar-refractivity contribution in [3.05, 3.63) is 42.0 Å². The number of ether oxygens (including phenoxy) is 1. The van der Waals surface area contributed by atoms with Crippen LogP contribution in [0.15, 0.2) is 36.4 Å². The fraction of sp³-hybridized carbons (Fsp3) is 0.478. The molecule has 5 heteroatoms. The molecule has 1 aliphatic carbocycles. The number of amides is 1. The molecule has 0 spiro atoms. The standard InChI is InChI=1S/C23H27NO4/c1-22(2)10-17-11-23(3,13-22)14-24(17)20(26)12-28-21(27)18-8-15-6-4-5-7-16(15)9-19(18)25/h4-9,17,25H,10-14H2,1-3H3/t17-,23-/m1/s1. The van der Waals surface area contributed by atoms with Gasteiger partial charge in [-0.1, -0.05) is 45.0 Å². The first-order chi connectivity index (χ1) is 13.2. The number of hydrogen-bond acceptors (Lipinski definition) is 4. The first-order valence-electron chi connectivity index (χ1n) is 9.84. The molecule has 1 saturated carbocycles. The SMILES string of the molecule is CC1(C)C[C@@H]2C[C@@](C)(CN2C(=O)COC(=O)c2cc3ccccc3cc2O)C1. The van der Waals surface area contributed by atoms with E-state index < -0.39 is 5.97 Å². The van der Waals surface area contributed by atoms with E-state index in [1.807, 2.05) is 29.2 Å². The third-order valence-electron chi connectivity index (χ3n) is 6.15. The molecule has 0 unspecified atom stereocenters. The Morgan fingerprint density at radius 1 is 1.14 bits per heavy atom. The second kappa shape index (κ2) is 6.50. The van der Waals surface area contributed by atoms with Gasteiger partial charge in [0.25, 0.3) is 5.91 Å². The molecule has 1 aliphatic heterocycles.